The third kappa shape index (κ3) is 3.57. The molecule has 2 N–H and O–H groups in total. The molecule has 0 spiro atoms. The monoisotopic (exact) mass is 294 g/mol. The Morgan fingerprint density at radius 2 is 1.91 bits per heavy atom. The Labute approximate surface area is 134 Å². The fourth-order valence-electron chi connectivity index (χ4n) is 3.38. The van der Waals surface area contributed by atoms with Crippen molar-refractivity contribution in [3.63, 3.8) is 0 Å². The first kappa shape index (κ1) is 15.3. The zero-order valence-electron chi connectivity index (χ0n) is 13.6. The standard InChI is InChI=1S/C20H26N2/c1-15-5-3-7-17(11-15)13-22(21)14-18-9-10-19-8-4-6-16(2)20(19)12-18/h3-4,7-12,15-16H,5-6,13-14,21H2,1-2H3. The first-order chi connectivity index (χ1) is 10.6. The van der Waals surface area contributed by atoms with Gasteiger partial charge in [-0.15, -0.1) is 0 Å². The van der Waals surface area contributed by atoms with Gasteiger partial charge < -0.3 is 0 Å². The average Bonchev–Trinajstić information content (AvgIpc) is 2.48. The minimum absolute atomic E-state index is 0.607. The summed E-state index contributed by atoms with van der Waals surface area (Å²) in [6.45, 7) is 6.16. The van der Waals surface area contributed by atoms with Gasteiger partial charge in [-0.3, -0.25) is 5.84 Å². The van der Waals surface area contributed by atoms with E-state index in [2.05, 4.69) is 62.4 Å². The maximum Gasteiger partial charge on any atom is 0.0383 e. The topological polar surface area (TPSA) is 29.3 Å². The van der Waals surface area contributed by atoms with Gasteiger partial charge in [0.05, 0.1) is 0 Å². The van der Waals surface area contributed by atoms with E-state index in [4.69, 9.17) is 5.84 Å². The molecule has 116 valence electrons. The van der Waals surface area contributed by atoms with Gasteiger partial charge in [-0.05, 0) is 46.9 Å². The fourth-order valence-corrected chi connectivity index (χ4v) is 3.38. The van der Waals surface area contributed by atoms with Crippen molar-refractivity contribution in [1.29, 1.82) is 0 Å². The van der Waals surface area contributed by atoms with Gasteiger partial charge >= 0.3 is 0 Å². The Morgan fingerprint density at radius 1 is 1.09 bits per heavy atom. The molecule has 3 rings (SSSR count). The summed E-state index contributed by atoms with van der Waals surface area (Å²) in [5.74, 6) is 7.47. The zero-order valence-corrected chi connectivity index (χ0v) is 13.6. The van der Waals surface area contributed by atoms with E-state index in [9.17, 15) is 0 Å². The predicted molar refractivity (Wildman–Crippen MR) is 94.1 cm³/mol. The highest BCUT2D eigenvalue weighted by Gasteiger charge is 2.14. The van der Waals surface area contributed by atoms with Crippen molar-refractivity contribution < 1.29 is 0 Å². The van der Waals surface area contributed by atoms with E-state index in [0.717, 1.165) is 25.9 Å². The minimum Gasteiger partial charge on any atom is -0.268 e. The second-order valence-electron chi connectivity index (χ2n) is 6.76. The van der Waals surface area contributed by atoms with Crippen molar-refractivity contribution in [1.82, 2.24) is 5.01 Å². The summed E-state index contributed by atoms with van der Waals surface area (Å²) in [6, 6.07) is 6.76. The molecule has 2 atom stereocenters. The molecule has 0 aromatic heterocycles. The summed E-state index contributed by atoms with van der Waals surface area (Å²) in [6.07, 6.45) is 13.6. The number of rotatable bonds is 4. The second kappa shape index (κ2) is 6.64. The van der Waals surface area contributed by atoms with E-state index in [1.54, 1.807) is 0 Å². The molecule has 0 aliphatic heterocycles. The van der Waals surface area contributed by atoms with Gasteiger partial charge in [0, 0.05) is 13.1 Å². The van der Waals surface area contributed by atoms with Crippen molar-refractivity contribution in [3.05, 3.63) is 64.8 Å². The number of fused-ring (bicyclic) bond motifs is 1. The molecule has 0 bridgehead atoms. The smallest absolute Gasteiger partial charge is 0.0383 e. The van der Waals surface area contributed by atoms with Crippen molar-refractivity contribution in [2.75, 3.05) is 6.54 Å². The molecule has 1 aromatic rings. The Morgan fingerprint density at radius 3 is 2.73 bits per heavy atom. The van der Waals surface area contributed by atoms with Crippen LogP contribution in [0.15, 0.2) is 48.1 Å². The first-order valence-electron chi connectivity index (χ1n) is 8.28. The SMILES string of the molecule is CC1C=C(CN(N)Cc2ccc3c(c2)C(C)CC=C3)C=CC1. The summed E-state index contributed by atoms with van der Waals surface area (Å²) in [4.78, 5) is 0. The first-order valence-corrected chi connectivity index (χ1v) is 8.28. The van der Waals surface area contributed by atoms with Gasteiger partial charge in [-0.1, -0.05) is 62.4 Å². The van der Waals surface area contributed by atoms with Gasteiger partial charge in [0.15, 0.2) is 0 Å². The second-order valence-corrected chi connectivity index (χ2v) is 6.76. The van der Waals surface area contributed by atoms with E-state index in [1.165, 1.54) is 22.3 Å². The molecule has 2 unspecified atom stereocenters. The number of allylic oxidation sites excluding steroid dienone is 3. The molecule has 0 saturated heterocycles. The summed E-state index contributed by atoms with van der Waals surface area (Å²) in [5.41, 5.74) is 5.45. The lowest BCUT2D eigenvalue weighted by atomic mass is 9.87. The number of hydrogen-bond donors (Lipinski definition) is 1. The van der Waals surface area contributed by atoms with Crippen molar-refractivity contribution in [2.45, 2.75) is 39.2 Å². The van der Waals surface area contributed by atoms with Crippen molar-refractivity contribution >= 4 is 6.08 Å². The van der Waals surface area contributed by atoms with E-state index in [0.29, 0.717) is 11.8 Å². The quantitative estimate of drug-likeness (QED) is 0.658. The van der Waals surface area contributed by atoms with Crippen LogP contribution in [0.1, 0.15) is 49.3 Å². The Bertz CT molecular complexity index is 625. The Hall–Kier alpha value is -1.64. The summed E-state index contributed by atoms with van der Waals surface area (Å²) in [5, 5.41) is 1.92. The largest absolute Gasteiger partial charge is 0.268 e. The molecule has 0 amide bonds. The third-order valence-corrected chi connectivity index (χ3v) is 4.58. The highest BCUT2D eigenvalue weighted by atomic mass is 15.4. The van der Waals surface area contributed by atoms with Gasteiger partial charge in [-0.25, -0.2) is 5.01 Å². The fraction of sp³-hybridized carbons (Fsp3) is 0.400. The average molecular weight is 294 g/mol. The van der Waals surface area contributed by atoms with Crippen LogP contribution < -0.4 is 5.84 Å². The highest BCUT2D eigenvalue weighted by molar-refractivity contribution is 5.58. The summed E-state index contributed by atoms with van der Waals surface area (Å²) in [7, 11) is 0. The molecule has 22 heavy (non-hydrogen) atoms. The van der Waals surface area contributed by atoms with Crippen LogP contribution in [0, 0.1) is 5.92 Å². The van der Waals surface area contributed by atoms with Crippen LogP contribution in [-0.4, -0.2) is 11.6 Å². The summed E-state index contributed by atoms with van der Waals surface area (Å²) >= 11 is 0. The molecule has 0 saturated carbocycles. The number of benzene rings is 1. The molecule has 2 aliphatic rings. The normalized spacial score (nSPS) is 23.5. The lowest BCUT2D eigenvalue weighted by Gasteiger charge is -2.22. The Balaban J connectivity index is 1.67. The van der Waals surface area contributed by atoms with Gasteiger partial charge in [0.25, 0.3) is 0 Å². The molecule has 2 heteroatoms. The van der Waals surface area contributed by atoms with Crippen molar-refractivity contribution in [2.24, 2.45) is 11.8 Å². The van der Waals surface area contributed by atoms with Crippen LogP contribution in [0.4, 0.5) is 0 Å². The minimum atomic E-state index is 0.607. The van der Waals surface area contributed by atoms with E-state index < -0.39 is 0 Å². The van der Waals surface area contributed by atoms with E-state index in [-0.39, 0.29) is 0 Å². The van der Waals surface area contributed by atoms with Crippen LogP contribution in [-0.2, 0) is 6.54 Å². The van der Waals surface area contributed by atoms with Crippen LogP contribution in [0.2, 0.25) is 0 Å². The van der Waals surface area contributed by atoms with Crippen LogP contribution in [0.25, 0.3) is 6.08 Å². The zero-order chi connectivity index (χ0) is 15.5. The number of hydrogen-bond acceptors (Lipinski definition) is 2. The molecule has 0 heterocycles. The number of nitrogens with two attached hydrogens (primary N) is 1. The maximum atomic E-state index is 6.24. The third-order valence-electron chi connectivity index (χ3n) is 4.58. The van der Waals surface area contributed by atoms with Crippen LogP contribution in [0.5, 0.6) is 0 Å². The van der Waals surface area contributed by atoms with E-state index >= 15 is 0 Å². The molecular weight excluding hydrogens is 268 g/mol. The summed E-state index contributed by atoms with van der Waals surface area (Å²) < 4.78 is 0. The molecular formula is C20H26N2. The van der Waals surface area contributed by atoms with Gasteiger partial charge in [0.1, 0.15) is 0 Å². The van der Waals surface area contributed by atoms with Crippen LogP contribution in [0.3, 0.4) is 0 Å². The lowest BCUT2D eigenvalue weighted by molar-refractivity contribution is 0.300. The molecule has 2 nitrogen and oxygen atoms in total. The lowest BCUT2D eigenvalue weighted by Crippen LogP contribution is -2.32. The molecule has 0 fully saturated rings. The molecule has 0 radical (unpaired) electrons. The molecule has 2 aliphatic carbocycles. The van der Waals surface area contributed by atoms with Gasteiger partial charge in [-0.2, -0.15) is 0 Å². The molecule has 1 aromatic carbocycles. The maximum absolute atomic E-state index is 6.24. The van der Waals surface area contributed by atoms with Crippen LogP contribution >= 0.6 is 0 Å². The van der Waals surface area contributed by atoms with E-state index in [1.807, 2.05) is 5.01 Å². The number of nitrogens with zero attached hydrogens (tertiary/aromatic N) is 1. The number of hydrazine groups is 1. The Kier molecular flexibility index (Phi) is 4.60. The predicted octanol–water partition coefficient (Wildman–Crippen LogP) is 4.41. The highest BCUT2D eigenvalue weighted by Crippen LogP contribution is 2.30. The van der Waals surface area contributed by atoms with Crippen molar-refractivity contribution in [3.8, 4) is 0 Å². The van der Waals surface area contributed by atoms with Gasteiger partial charge in [0.2, 0.25) is 0 Å².